The minimum Gasteiger partial charge on any atom is -0.345 e. The maximum Gasteiger partial charge on any atom is 0.251 e. The van der Waals surface area contributed by atoms with Gasteiger partial charge in [-0.3, -0.25) is 9.59 Å². The number of nitrogens with zero attached hydrogens (tertiary/aromatic N) is 3. The Kier molecular flexibility index (Phi) is 8.23. The van der Waals surface area contributed by atoms with Gasteiger partial charge in [0.2, 0.25) is 5.91 Å². The number of rotatable bonds is 8. The number of hydrazone groups is 1. The van der Waals surface area contributed by atoms with Crippen LogP contribution in [0.25, 0.3) is 5.00 Å². The van der Waals surface area contributed by atoms with Gasteiger partial charge in [-0.15, -0.1) is 11.3 Å². The van der Waals surface area contributed by atoms with Crippen molar-refractivity contribution in [3.8, 4) is 11.1 Å². The zero-order valence-electron chi connectivity index (χ0n) is 22.6. The third-order valence-corrected chi connectivity index (χ3v) is 8.54. The third kappa shape index (κ3) is 5.75. The van der Waals surface area contributed by atoms with Crippen LogP contribution < -0.4 is 10.7 Å². The largest absolute Gasteiger partial charge is 0.345 e. The second-order valence-corrected chi connectivity index (χ2v) is 11.0. The highest BCUT2D eigenvalue weighted by Crippen LogP contribution is 2.38. The molecule has 0 fully saturated rings. The number of aryl methyl sites for hydroxylation is 2. The zero-order valence-corrected chi connectivity index (χ0v) is 23.4. The van der Waals surface area contributed by atoms with Crippen LogP contribution in [-0.4, -0.2) is 22.6 Å². The number of carbonyl (C=O) groups excluding carboxylic acids is 2. The Labute approximate surface area is 238 Å². The fourth-order valence-corrected chi connectivity index (χ4v) is 6.68. The molecule has 2 amide bonds. The summed E-state index contributed by atoms with van der Waals surface area (Å²) in [6.45, 7) is 4.02. The Morgan fingerprint density at radius 3 is 2.50 bits per heavy atom. The topological polar surface area (TPSA) is 99.3 Å². The maximum atomic E-state index is 12.9. The number of nitriles is 1. The van der Waals surface area contributed by atoms with Crippen molar-refractivity contribution in [2.45, 2.75) is 52.0 Å². The first kappa shape index (κ1) is 27.1. The van der Waals surface area contributed by atoms with Gasteiger partial charge >= 0.3 is 0 Å². The predicted molar refractivity (Wildman–Crippen MR) is 158 cm³/mol. The van der Waals surface area contributed by atoms with E-state index in [0.29, 0.717) is 5.56 Å². The highest BCUT2D eigenvalue weighted by Gasteiger charge is 2.24. The van der Waals surface area contributed by atoms with E-state index in [4.69, 9.17) is 0 Å². The first-order valence-corrected chi connectivity index (χ1v) is 14.2. The number of amides is 2. The first-order valence-electron chi connectivity index (χ1n) is 13.4. The molecule has 8 heteroatoms. The van der Waals surface area contributed by atoms with E-state index in [2.05, 4.69) is 26.5 Å². The van der Waals surface area contributed by atoms with Crippen molar-refractivity contribution >= 4 is 29.4 Å². The van der Waals surface area contributed by atoms with Gasteiger partial charge in [0.25, 0.3) is 5.91 Å². The van der Waals surface area contributed by atoms with Crippen LogP contribution in [0, 0.1) is 25.2 Å². The molecule has 2 aromatic heterocycles. The van der Waals surface area contributed by atoms with Gasteiger partial charge in [-0.05, 0) is 68.9 Å². The highest BCUT2D eigenvalue weighted by molar-refractivity contribution is 7.15. The summed E-state index contributed by atoms with van der Waals surface area (Å²) >= 11 is 1.71. The van der Waals surface area contributed by atoms with Crippen LogP contribution in [0.1, 0.15) is 74.2 Å². The number of hydrogen-bond acceptors (Lipinski definition) is 5. The number of fused-ring (bicyclic) bond motifs is 1. The molecule has 0 spiro atoms. The van der Waals surface area contributed by atoms with Crippen LogP contribution in [0.5, 0.6) is 0 Å². The quantitative estimate of drug-likeness (QED) is 0.211. The lowest BCUT2D eigenvalue weighted by Gasteiger charge is -2.18. The Morgan fingerprint density at radius 2 is 1.77 bits per heavy atom. The summed E-state index contributed by atoms with van der Waals surface area (Å²) in [5, 5.41) is 18.1. The molecule has 0 saturated heterocycles. The number of aromatic nitrogens is 1. The molecule has 1 aliphatic rings. The van der Waals surface area contributed by atoms with Crippen LogP contribution in [0.15, 0.2) is 71.8 Å². The molecule has 2 N–H and O–H groups in total. The van der Waals surface area contributed by atoms with Crippen molar-refractivity contribution < 1.29 is 9.59 Å². The molecule has 5 rings (SSSR count). The van der Waals surface area contributed by atoms with Crippen LogP contribution in [0.2, 0.25) is 0 Å². The average molecular weight is 550 g/mol. The van der Waals surface area contributed by atoms with Crippen LogP contribution >= 0.6 is 11.3 Å². The second-order valence-electron chi connectivity index (χ2n) is 9.96. The SMILES string of the molecule is Cc1cc(/C=N\NC(=O)C[C@H](NC(=O)c2ccccc2)c2ccccc2)c(C)n1-c1sc2c(c1C#N)CCCC2. The monoisotopic (exact) mass is 549 g/mol. The predicted octanol–water partition coefficient (Wildman–Crippen LogP) is 5.92. The molecule has 4 aromatic rings. The minimum atomic E-state index is -0.511. The Bertz CT molecular complexity index is 1600. The number of carbonyl (C=O) groups is 2. The van der Waals surface area contributed by atoms with E-state index in [-0.39, 0.29) is 18.2 Å². The highest BCUT2D eigenvalue weighted by atomic mass is 32.1. The average Bonchev–Trinajstić information content (AvgIpc) is 3.48. The van der Waals surface area contributed by atoms with Gasteiger partial charge in [0.1, 0.15) is 11.1 Å². The number of nitrogens with one attached hydrogen (secondary N) is 2. The fourth-order valence-electron chi connectivity index (χ4n) is 5.23. The first-order chi connectivity index (χ1) is 19.5. The smallest absolute Gasteiger partial charge is 0.251 e. The van der Waals surface area contributed by atoms with Crippen molar-refractivity contribution in [2.75, 3.05) is 0 Å². The Morgan fingerprint density at radius 1 is 1.07 bits per heavy atom. The lowest BCUT2D eigenvalue weighted by atomic mass is 9.96. The number of benzene rings is 2. The van der Waals surface area contributed by atoms with Crippen LogP contribution in [-0.2, 0) is 17.6 Å². The van der Waals surface area contributed by atoms with E-state index in [1.165, 1.54) is 16.9 Å². The van der Waals surface area contributed by atoms with E-state index in [0.717, 1.165) is 52.3 Å². The Hall–Kier alpha value is -4.48. The van der Waals surface area contributed by atoms with Crippen molar-refractivity contribution in [1.82, 2.24) is 15.3 Å². The molecule has 2 heterocycles. The van der Waals surface area contributed by atoms with Gasteiger partial charge in [0.05, 0.1) is 24.2 Å². The van der Waals surface area contributed by atoms with E-state index < -0.39 is 6.04 Å². The summed E-state index contributed by atoms with van der Waals surface area (Å²) in [4.78, 5) is 27.0. The molecule has 1 atom stereocenters. The van der Waals surface area contributed by atoms with Crippen LogP contribution in [0.4, 0.5) is 0 Å². The zero-order chi connectivity index (χ0) is 28.1. The molecule has 202 valence electrons. The molecule has 40 heavy (non-hydrogen) atoms. The fraction of sp³-hybridized carbons (Fsp3) is 0.250. The second kappa shape index (κ2) is 12.1. The lowest BCUT2D eigenvalue weighted by Crippen LogP contribution is -2.32. The van der Waals surface area contributed by atoms with Gasteiger partial charge in [-0.1, -0.05) is 48.5 Å². The van der Waals surface area contributed by atoms with E-state index in [9.17, 15) is 14.9 Å². The number of hydrogen-bond donors (Lipinski definition) is 2. The summed E-state index contributed by atoms with van der Waals surface area (Å²) in [6.07, 6.45) is 5.95. The molecule has 7 nitrogen and oxygen atoms in total. The Balaban J connectivity index is 1.30. The van der Waals surface area contributed by atoms with Crippen molar-refractivity contribution in [1.29, 1.82) is 5.26 Å². The molecule has 1 aliphatic carbocycles. The van der Waals surface area contributed by atoms with E-state index in [1.807, 2.05) is 56.3 Å². The molecular formula is C32H31N5O2S. The van der Waals surface area contributed by atoms with Gasteiger partial charge in [0, 0.05) is 27.4 Å². The van der Waals surface area contributed by atoms with Crippen molar-refractivity contribution in [3.05, 3.63) is 111 Å². The van der Waals surface area contributed by atoms with Crippen molar-refractivity contribution in [3.63, 3.8) is 0 Å². The third-order valence-electron chi connectivity index (χ3n) is 7.26. The molecule has 0 bridgehead atoms. The van der Waals surface area contributed by atoms with E-state index >= 15 is 0 Å². The summed E-state index contributed by atoms with van der Waals surface area (Å²) in [5.41, 5.74) is 8.81. The van der Waals surface area contributed by atoms with Gasteiger partial charge < -0.3 is 9.88 Å². The molecule has 2 aromatic carbocycles. The molecule has 0 saturated carbocycles. The summed E-state index contributed by atoms with van der Waals surface area (Å²) in [7, 11) is 0. The lowest BCUT2D eigenvalue weighted by molar-refractivity contribution is -0.121. The summed E-state index contributed by atoms with van der Waals surface area (Å²) in [5.74, 6) is -0.560. The minimum absolute atomic E-state index is 0.0330. The molecule has 0 aliphatic heterocycles. The molecular weight excluding hydrogens is 518 g/mol. The maximum absolute atomic E-state index is 12.9. The number of thiophene rings is 1. The van der Waals surface area contributed by atoms with E-state index in [1.54, 1.807) is 41.8 Å². The normalized spacial score (nSPS) is 13.4. The summed E-state index contributed by atoms with van der Waals surface area (Å²) < 4.78 is 2.12. The van der Waals surface area contributed by atoms with Gasteiger partial charge in [-0.25, -0.2) is 5.43 Å². The van der Waals surface area contributed by atoms with Gasteiger partial charge in [0.15, 0.2) is 0 Å². The molecule has 0 unspecified atom stereocenters. The molecule has 0 radical (unpaired) electrons. The summed E-state index contributed by atoms with van der Waals surface area (Å²) in [6, 6.07) is 22.3. The van der Waals surface area contributed by atoms with Gasteiger partial charge in [-0.2, -0.15) is 10.4 Å². The van der Waals surface area contributed by atoms with Crippen LogP contribution in [0.3, 0.4) is 0 Å². The standard InChI is InChI=1S/C32H31N5O2S/c1-21-17-25(22(2)37(21)32-27(19-33)26-15-9-10-16-29(26)40-32)20-34-36-30(38)18-28(23-11-5-3-6-12-23)35-31(39)24-13-7-4-8-14-24/h3-8,11-14,17,20,28H,9-10,15-16,18H2,1-2H3,(H,35,39)(H,36,38)/b34-20-/t28-/m0/s1. The van der Waals surface area contributed by atoms with Crippen molar-refractivity contribution in [2.24, 2.45) is 5.10 Å².